The van der Waals surface area contributed by atoms with Crippen molar-refractivity contribution in [2.75, 3.05) is 18.8 Å². The molecule has 0 bridgehead atoms. The summed E-state index contributed by atoms with van der Waals surface area (Å²) in [6, 6.07) is 5.94. The van der Waals surface area contributed by atoms with Crippen LogP contribution in [-0.2, 0) is 9.59 Å². The molecule has 2 unspecified atom stereocenters. The third-order valence-electron chi connectivity index (χ3n) is 5.47. The van der Waals surface area contributed by atoms with Crippen molar-refractivity contribution in [2.45, 2.75) is 37.5 Å². The molecule has 1 saturated heterocycles. The van der Waals surface area contributed by atoms with Gasteiger partial charge in [-0.2, -0.15) is 0 Å². The van der Waals surface area contributed by atoms with Gasteiger partial charge in [0, 0.05) is 42.1 Å². The van der Waals surface area contributed by atoms with Crippen molar-refractivity contribution in [3.05, 3.63) is 52.3 Å². The van der Waals surface area contributed by atoms with Crippen molar-refractivity contribution < 1.29 is 14.0 Å². The molecule has 0 spiro atoms. The molecule has 4 rings (SSSR count). The lowest BCUT2D eigenvalue weighted by atomic mass is 9.93. The van der Waals surface area contributed by atoms with Gasteiger partial charge in [-0.1, -0.05) is 30.0 Å². The van der Waals surface area contributed by atoms with Gasteiger partial charge < -0.3 is 5.73 Å². The van der Waals surface area contributed by atoms with E-state index in [2.05, 4.69) is 9.88 Å². The monoisotopic (exact) mass is 445 g/mol. The van der Waals surface area contributed by atoms with Crippen molar-refractivity contribution in [1.82, 2.24) is 9.88 Å². The van der Waals surface area contributed by atoms with Crippen LogP contribution in [0.15, 0.2) is 35.2 Å². The predicted octanol–water partition coefficient (Wildman–Crippen LogP) is 4.32. The van der Waals surface area contributed by atoms with Crippen LogP contribution in [0.25, 0.3) is 6.08 Å². The van der Waals surface area contributed by atoms with Gasteiger partial charge in [0.25, 0.3) is 0 Å². The average molecular weight is 446 g/mol. The Hall–Kier alpha value is -2.03. The number of carbonyl (C=O) groups is 2. The Balaban J connectivity index is 1.66. The lowest BCUT2D eigenvalue weighted by Crippen LogP contribution is -2.43. The number of aromatic nitrogens is 1. The van der Waals surface area contributed by atoms with Gasteiger partial charge >= 0.3 is 0 Å². The van der Waals surface area contributed by atoms with E-state index in [0.717, 1.165) is 24.1 Å². The second-order valence-electron chi connectivity index (χ2n) is 7.79. The van der Waals surface area contributed by atoms with Gasteiger partial charge in [0.1, 0.15) is 5.82 Å². The summed E-state index contributed by atoms with van der Waals surface area (Å²) in [4.78, 5) is 31.3. The van der Waals surface area contributed by atoms with E-state index in [9.17, 15) is 14.0 Å². The van der Waals surface area contributed by atoms with E-state index in [4.69, 9.17) is 5.73 Å². The molecule has 2 N–H and O–H groups in total. The summed E-state index contributed by atoms with van der Waals surface area (Å²) >= 11 is 2.66. The number of Topliss-reactive ketones (excluding diaryl/α,β-unsaturated/α-hetero) is 1. The molecular weight excluding hydrogens is 421 g/mol. The molecule has 158 valence electrons. The lowest BCUT2D eigenvalue weighted by molar-refractivity contribution is -0.126. The number of piperidine rings is 1. The molecule has 1 aromatic heterocycles. The zero-order valence-corrected chi connectivity index (χ0v) is 18.3. The summed E-state index contributed by atoms with van der Waals surface area (Å²) in [6.07, 6.45) is 4.42. The van der Waals surface area contributed by atoms with E-state index in [-0.39, 0.29) is 27.9 Å². The highest BCUT2D eigenvalue weighted by Gasteiger charge is 2.41. The molecule has 0 radical (unpaired) electrons. The summed E-state index contributed by atoms with van der Waals surface area (Å²) in [5, 5.41) is 2.43. The smallest absolute Gasteiger partial charge is 0.186 e. The van der Waals surface area contributed by atoms with Crippen molar-refractivity contribution in [3.63, 3.8) is 0 Å². The van der Waals surface area contributed by atoms with E-state index in [1.54, 1.807) is 25.1 Å². The number of ketones is 1. The van der Waals surface area contributed by atoms with E-state index in [1.165, 1.54) is 29.2 Å². The van der Waals surface area contributed by atoms with Crippen LogP contribution >= 0.6 is 23.1 Å². The van der Waals surface area contributed by atoms with Crippen LogP contribution in [0.2, 0.25) is 0 Å². The molecule has 0 amide bonds. The van der Waals surface area contributed by atoms with Crippen LogP contribution < -0.4 is 5.73 Å². The molecule has 30 heavy (non-hydrogen) atoms. The third kappa shape index (κ3) is 4.82. The Bertz CT molecular complexity index is 986. The first-order chi connectivity index (χ1) is 14.4. The second kappa shape index (κ2) is 8.99. The Kier molecular flexibility index (Phi) is 6.36. The van der Waals surface area contributed by atoms with Crippen LogP contribution in [0.4, 0.5) is 9.52 Å². The normalized spacial score (nSPS) is 22.2. The maximum Gasteiger partial charge on any atom is 0.186 e. The minimum Gasteiger partial charge on any atom is -0.375 e. The van der Waals surface area contributed by atoms with Crippen molar-refractivity contribution >= 4 is 45.2 Å². The number of rotatable bonds is 6. The Morgan fingerprint density at radius 3 is 2.73 bits per heavy atom. The topological polar surface area (TPSA) is 76.3 Å². The first-order valence-corrected chi connectivity index (χ1v) is 11.8. The molecular formula is C22H24FN3O2S2. The number of hydrogen-bond acceptors (Lipinski definition) is 7. The zero-order valence-electron chi connectivity index (χ0n) is 16.7. The lowest BCUT2D eigenvalue weighted by Gasteiger charge is -2.38. The van der Waals surface area contributed by atoms with Crippen LogP contribution in [0.1, 0.15) is 43.5 Å². The SMILES string of the molecule is CC(=O)SC1CCN(C(C(=O)C2CC2)c2ccccc2F)C/C1=C/c1csc(N)n1. The third-order valence-corrected chi connectivity index (χ3v) is 7.32. The fourth-order valence-electron chi connectivity index (χ4n) is 3.95. The van der Waals surface area contributed by atoms with Gasteiger partial charge in [0.15, 0.2) is 16.0 Å². The van der Waals surface area contributed by atoms with E-state index < -0.39 is 6.04 Å². The standard InChI is InChI=1S/C22H24FN3O2S2/c1-13(27)30-19-8-9-26(11-15(19)10-16-12-29-22(24)25-16)20(21(28)14-6-7-14)17-4-2-3-5-18(17)23/h2-5,10,12,14,19-20H,6-9,11H2,1H3,(H2,24,25)/b15-10-. The summed E-state index contributed by atoms with van der Waals surface area (Å²) in [5.41, 5.74) is 7.96. The number of nitrogens with zero attached hydrogens (tertiary/aromatic N) is 2. The minimum absolute atomic E-state index is 0.0129. The number of nitrogens with two attached hydrogens (primary N) is 1. The zero-order chi connectivity index (χ0) is 21.3. The highest BCUT2D eigenvalue weighted by atomic mass is 32.2. The Morgan fingerprint density at radius 1 is 1.33 bits per heavy atom. The largest absolute Gasteiger partial charge is 0.375 e. The van der Waals surface area contributed by atoms with Crippen LogP contribution in [0, 0.1) is 11.7 Å². The molecule has 1 aromatic carbocycles. The Labute approximate surface area is 183 Å². The van der Waals surface area contributed by atoms with Gasteiger partial charge in [-0.25, -0.2) is 9.37 Å². The van der Waals surface area contributed by atoms with E-state index in [0.29, 0.717) is 30.2 Å². The highest BCUT2D eigenvalue weighted by Crippen LogP contribution is 2.40. The molecule has 2 aliphatic rings. The molecule has 1 aliphatic carbocycles. The number of carbonyl (C=O) groups excluding carboxylic acids is 2. The van der Waals surface area contributed by atoms with Crippen molar-refractivity contribution in [2.24, 2.45) is 5.92 Å². The molecule has 2 heterocycles. The molecule has 5 nitrogen and oxygen atoms in total. The Morgan fingerprint density at radius 2 is 2.10 bits per heavy atom. The molecule has 2 aromatic rings. The van der Waals surface area contributed by atoms with Crippen LogP contribution in [0.3, 0.4) is 0 Å². The molecule has 1 saturated carbocycles. The fourth-order valence-corrected chi connectivity index (χ4v) is 5.39. The number of nitrogen functional groups attached to an aromatic ring is 1. The van der Waals surface area contributed by atoms with Crippen molar-refractivity contribution in [1.29, 1.82) is 0 Å². The molecule has 2 fully saturated rings. The summed E-state index contributed by atoms with van der Waals surface area (Å²) in [5.74, 6) is -0.241. The van der Waals surface area contributed by atoms with Gasteiger partial charge in [-0.05, 0) is 37.0 Å². The maximum absolute atomic E-state index is 14.7. The predicted molar refractivity (Wildman–Crippen MR) is 120 cm³/mol. The number of thioether (sulfide) groups is 1. The van der Waals surface area contributed by atoms with Crippen LogP contribution in [-0.4, -0.2) is 39.1 Å². The number of anilines is 1. The summed E-state index contributed by atoms with van der Waals surface area (Å²) in [7, 11) is 0. The first-order valence-electron chi connectivity index (χ1n) is 10.0. The van der Waals surface area contributed by atoms with Gasteiger partial charge in [-0.15, -0.1) is 11.3 Å². The van der Waals surface area contributed by atoms with Crippen molar-refractivity contribution in [3.8, 4) is 0 Å². The average Bonchev–Trinajstić information content (AvgIpc) is 3.47. The molecule has 2 atom stereocenters. The van der Waals surface area contributed by atoms with Gasteiger partial charge in [0.2, 0.25) is 0 Å². The van der Waals surface area contributed by atoms with E-state index in [1.807, 2.05) is 11.5 Å². The number of hydrogen-bond donors (Lipinski definition) is 1. The number of thiazole rings is 1. The minimum atomic E-state index is -0.606. The number of likely N-dealkylation sites (tertiary alicyclic amines) is 1. The van der Waals surface area contributed by atoms with Gasteiger partial charge in [0.05, 0.1) is 11.7 Å². The van der Waals surface area contributed by atoms with Gasteiger partial charge in [-0.3, -0.25) is 14.5 Å². The highest BCUT2D eigenvalue weighted by molar-refractivity contribution is 8.14. The van der Waals surface area contributed by atoms with E-state index >= 15 is 0 Å². The quantitative estimate of drug-likeness (QED) is 0.714. The summed E-state index contributed by atoms with van der Waals surface area (Å²) < 4.78 is 14.7. The van der Waals surface area contributed by atoms with Crippen LogP contribution in [0.5, 0.6) is 0 Å². The fraction of sp³-hybridized carbons (Fsp3) is 0.409. The maximum atomic E-state index is 14.7. The second-order valence-corrected chi connectivity index (χ2v) is 10.1. The number of benzene rings is 1. The molecule has 1 aliphatic heterocycles. The summed E-state index contributed by atoms with van der Waals surface area (Å²) in [6.45, 7) is 2.67. The first kappa shape index (κ1) is 21.2. The molecule has 8 heteroatoms. The number of halogens is 1.